The first-order chi connectivity index (χ1) is 12.5. The molecule has 142 valence electrons. The minimum Gasteiger partial charge on any atom is -0.506 e. The van der Waals surface area contributed by atoms with Crippen LogP contribution in [0.3, 0.4) is 0 Å². The van der Waals surface area contributed by atoms with E-state index in [0.717, 1.165) is 16.7 Å². The van der Waals surface area contributed by atoms with E-state index in [-0.39, 0.29) is 17.7 Å². The molecule has 0 unspecified atom stereocenters. The summed E-state index contributed by atoms with van der Waals surface area (Å²) in [5, 5.41) is 10.4. The molecule has 0 bridgehead atoms. The lowest BCUT2D eigenvalue weighted by Gasteiger charge is -2.25. The first kappa shape index (κ1) is 20.8. The number of aliphatic hydroxyl groups is 1. The van der Waals surface area contributed by atoms with Crippen molar-refractivity contribution < 1.29 is 23.8 Å². The van der Waals surface area contributed by atoms with Gasteiger partial charge in [-0.1, -0.05) is 0 Å². The minimum absolute atomic E-state index is 0.0559. The number of esters is 1. The number of carbonyl (C=O) groups excluding carboxylic acids is 1. The van der Waals surface area contributed by atoms with E-state index in [0.29, 0.717) is 26.3 Å². The van der Waals surface area contributed by atoms with E-state index < -0.39 is 17.5 Å². The van der Waals surface area contributed by atoms with E-state index in [2.05, 4.69) is 9.89 Å². The van der Waals surface area contributed by atoms with E-state index in [1.54, 1.807) is 13.0 Å². The number of halogens is 2. The van der Waals surface area contributed by atoms with Gasteiger partial charge >= 0.3 is 5.97 Å². The van der Waals surface area contributed by atoms with Crippen LogP contribution in [0, 0.1) is 9.39 Å². The van der Waals surface area contributed by atoms with Gasteiger partial charge in [0.25, 0.3) is 0 Å². The third-order valence-corrected chi connectivity index (χ3v) is 4.47. The van der Waals surface area contributed by atoms with Gasteiger partial charge in [0.2, 0.25) is 0 Å². The lowest BCUT2D eigenvalue weighted by atomic mass is 10.1. The second kappa shape index (κ2) is 10.6. The number of aliphatic hydroxyl groups excluding tert-OH is 1. The number of rotatable bonds is 7. The van der Waals surface area contributed by atoms with Gasteiger partial charge in [-0.15, -0.1) is 0 Å². The van der Waals surface area contributed by atoms with Crippen molar-refractivity contribution >= 4 is 40.5 Å². The van der Waals surface area contributed by atoms with E-state index in [4.69, 9.17) is 9.47 Å². The Labute approximate surface area is 165 Å². The Kier molecular flexibility index (Phi) is 8.46. The maximum atomic E-state index is 14.0. The fourth-order valence-electron chi connectivity index (χ4n) is 2.42. The van der Waals surface area contributed by atoms with Crippen LogP contribution < -0.4 is 0 Å². The monoisotopic (exact) mass is 476 g/mol. The van der Waals surface area contributed by atoms with Gasteiger partial charge in [-0.2, -0.15) is 0 Å². The summed E-state index contributed by atoms with van der Waals surface area (Å²) in [6, 6.07) is 4.28. The van der Waals surface area contributed by atoms with Crippen molar-refractivity contribution in [2.75, 3.05) is 46.0 Å². The third-order valence-electron chi connectivity index (χ3n) is 3.80. The standard InChI is InChI=1S/C18H22FIN2O4/c1-2-26-18(24)15(12-21-5-6-22-7-9-25-10-8-22)17(23)14-11-13(20)3-4-16(14)19/h3-4,11-12,23H,2,5-10H2,1H3/b17-15+,21-12?. The molecule has 0 spiro atoms. The molecule has 1 aromatic carbocycles. The average Bonchev–Trinajstić information content (AvgIpc) is 2.64. The highest BCUT2D eigenvalue weighted by atomic mass is 127. The Balaban J connectivity index is 2.17. The van der Waals surface area contributed by atoms with Crippen LogP contribution in [0.2, 0.25) is 0 Å². The molecule has 1 aliphatic heterocycles. The molecule has 0 saturated carbocycles. The maximum absolute atomic E-state index is 14.0. The van der Waals surface area contributed by atoms with Crippen LogP contribution in [0.15, 0.2) is 28.8 Å². The summed E-state index contributed by atoms with van der Waals surface area (Å²) in [5.41, 5.74) is -0.214. The number of morpholine rings is 1. The molecule has 0 aromatic heterocycles. The van der Waals surface area contributed by atoms with Crippen molar-refractivity contribution in [3.63, 3.8) is 0 Å². The van der Waals surface area contributed by atoms with Crippen molar-refractivity contribution in [3.8, 4) is 0 Å². The van der Waals surface area contributed by atoms with E-state index >= 15 is 0 Å². The highest BCUT2D eigenvalue weighted by Crippen LogP contribution is 2.22. The predicted molar refractivity (Wildman–Crippen MR) is 106 cm³/mol. The van der Waals surface area contributed by atoms with Gasteiger partial charge in [0, 0.05) is 29.4 Å². The molecule has 0 aliphatic carbocycles. The maximum Gasteiger partial charge on any atom is 0.343 e. The average molecular weight is 476 g/mol. The van der Waals surface area contributed by atoms with E-state index in [1.165, 1.54) is 18.3 Å². The Morgan fingerprint density at radius 3 is 2.88 bits per heavy atom. The van der Waals surface area contributed by atoms with Crippen molar-refractivity contribution in [2.45, 2.75) is 6.92 Å². The van der Waals surface area contributed by atoms with Crippen LogP contribution in [0.1, 0.15) is 12.5 Å². The fourth-order valence-corrected chi connectivity index (χ4v) is 2.91. The van der Waals surface area contributed by atoms with E-state index in [9.17, 15) is 14.3 Å². The fraction of sp³-hybridized carbons (Fsp3) is 0.444. The molecule has 8 heteroatoms. The molecule has 1 heterocycles. The van der Waals surface area contributed by atoms with Gasteiger partial charge in [0.05, 0.1) is 31.9 Å². The molecule has 1 N–H and O–H groups in total. The Morgan fingerprint density at radius 2 is 2.19 bits per heavy atom. The second-order valence-electron chi connectivity index (χ2n) is 5.60. The van der Waals surface area contributed by atoms with Crippen molar-refractivity contribution in [1.29, 1.82) is 0 Å². The minimum atomic E-state index is -0.738. The van der Waals surface area contributed by atoms with Gasteiger partial charge in [-0.25, -0.2) is 9.18 Å². The van der Waals surface area contributed by atoms with Gasteiger partial charge < -0.3 is 14.6 Å². The smallest absolute Gasteiger partial charge is 0.343 e. The largest absolute Gasteiger partial charge is 0.506 e. The van der Waals surface area contributed by atoms with Gasteiger partial charge in [-0.3, -0.25) is 9.89 Å². The van der Waals surface area contributed by atoms with Crippen molar-refractivity contribution in [2.24, 2.45) is 4.99 Å². The molecule has 0 atom stereocenters. The molecule has 6 nitrogen and oxygen atoms in total. The van der Waals surface area contributed by atoms with Crippen LogP contribution >= 0.6 is 22.6 Å². The normalized spacial score (nSPS) is 16.6. The Bertz CT molecular complexity index is 688. The lowest BCUT2D eigenvalue weighted by molar-refractivity contribution is -0.137. The highest BCUT2D eigenvalue weighted by molar-refractivity contribution is 14.1. The van der Waals surface area contributed by atoms with Crippen LogP contribution in [-0.2, 0) is 14.3 Å². The molecule has 1 aromatic rings. The van der Waals surface area contributed by atoms with Crippen LogP contribution in [-0.4, -0.2) is 68.2 Å². The number of ether oxygens (including phenoxy) is 2. The number of hydrogen-bond donors (Lipinski definition) is 1. The summed E-state index contributed by atoms with van der Waals surface area (Å²) < 4.78 is 25.0. The summed E-state index contributed by atoms with van der Waals surface area (Å²) in [7, 11) is 0. The zero-order valence-electron chi connectivity index (χ0n) is 14.6. The Morgan fingerprint density at radius 1 is 1.46 bits per heavy atom. The van der Waals surface area contributed by atoms with Gasteiger partial charge in [0.1, 0.15) is 17.1 Å². The van der Waals surface area contributed by atoms with Crippen LogP contribution in [0.4, 0.5) is 4.39 Å². The topological polar surface area (TPSA) is 71.4 Å². The van der Waals surface area contributed by atoms with Gasteiger partial charge in [-0.05, 0) is 47.7 Å². The highest BCUT2D eigenvalue weighted by Gasteiger charge is 2.19. The third kappa shape index (κ3) is 6.03. The Hall–Kier alpha value is -1.52. The molecule has 1 aliphatic rings. The zero-order valence-corrected chi connectivity index (χ0v) is 16.7. The molecule has 2 rings (SSSR count). The SMILES string of the molecule is CCOC(=O)/C(C=NCCN1CCOCC1)=C(/O)c1cc(I)ccc1F. The molecular formula is C18H22FIN2O4. The van der Waals surface area contributed by atoms with Crippen LogP contribution in [0.25, 0.3) is 5.76 Å². The number of aliphatic imine (C=N–C) groups is 1. The molecule has 1 saturated heterocycles. The van der Waals surface area contributed by atoms with Crippen molar-refractivity contribution in [1.82, 2.24) is 4.90 Å². The number of benzene rings is 1. The summed E-state index contributed by atoms with van der Waals surface area (Å²) in [6.07, 6.45) is 1.26. The number of nitrogens with zero attached hydrogens (tertiary/aromatic N) is 2. The molecular weight excluding hydrogens is 454 g/mol. The quantitative estimate of drug-likeness (QED) is 0.216. The van der Waals surface area contributed by atoms with Crippen molar-refractivity contribution in [3.05, 3.63) is 38.7 Å². The summed E-state index contributed by atoms with van der Waals surface area (Å²) >= 11 is 2.01. The summed E-state index contributed by atoms with van der Waals surface area (Å²) in [4.78, 5) is 18.6. The molecule has 0 radical (unpaired) electrons. The first-order valence-corrected chi connectivity index (χ1v) is 9.46. The number of carbonyl (C=O) groups is 1. The molecule has 1 fully saturated rings. The first-order valence-electron chi connectivity index (χ1n) is 8.38. The summed E-state index contributed by atoms with van der Waals surface area (Å²) in [5.74, 6) is -1.83. The summed E-state index contributed by atoms with van der Waals surface area (Å²) in [6.45, 7) is 6.05. The second-order valence-corrected chi connectivity index (χ2v) is 6.84. The lowest BCUT2D eigenvalue weighted by Crippen LogP contribution is -2.37. The molecule has 26 heavy (non-hydrogen) atoms. The van der Waals surface area contributed by atoms with Gasteiger partial charge in [0.15, 0.2) is 0 Å². The zero-order chi connectivity index (χ0) is 18.9. The van der Waals surface area contributed by atoms with E-state index in [1.807, 2.05) is 22.6 Å². The van der Waals surface area contributed by atoms with Crippen LogP contribution in [0.5, 0.6) is 0 Å². The molecule has 0 amide bonds. The number of hydrogen-bond acceptors (Lipinski definition) is 6. The predicted octanol–water partition coefficient (Wildman–Crippen LogP) is 2.67.